The molecule has 19 heavy (non-hydrogen) atoms. The van der Waals surface area contributed by atoms with Crippen LogP contribution in [-0.2, 0) is 9.53 Å². The van der Waals surface area contributed by atoms with E-state index in [2.05, 4.69) is 0 Å². The monoisotopic (exact) mass is 267 g/mol. The van der Waals surface area contributed by atoms with E-state index in [-0.39, 0.29) is 30.4 Å². The van der Waals surface area contributed by atoms with Crippen molar-refractivity contribution in [1.82, 2.24) is 4.90 Å². The maximum atomic E-state index is 13.2. The number of esters is 1. The Kier molecular flexibility index (Phi) is 5.48. The number of rotatable bonds is 5. The van der Waals surface area contributed by atoms with E-state index >= 15 is 0 Å². The number of nitrogens with zero attached hydrogens (tertiary/aromatic N) is 1. The molecule has 4 nitrogen and oxygen atoms in total. The van der Waals surface area contributed by atoms with E-state index in [1.165, 1.54) is 17.0 Å². The Bertz CT molecular complexity index is 454. The molecule has 0 saturated heterocycles. The van der Waals surface area contributed by atoms with E-state index in [1.54, 1.807) is 27.0 Å². The molecule has 0 heterocycles. The maximum Gasteiger partial charge on any atom is 0.307 e. The molecule has 0 N–H and O–H groups in total. The van der Waals surface area contributed by atoms with Crippen LogP contribution in [0.5, 0.6) is 0 Å². The Labute approximate surface area is 112 Å². The Morgan fingerprint density at radius 1 is 1.32 bits per heavy atom. The van der Waals surface area contributed by atoms with Crippen molar-refractivity contribution >= 4 is 11.9 Å². The van der Waals surface area contributed by atoms with Gasteiger partial charge in [0.25, 0.3) is 5.91 Å². The third-order valence-electron chi connectivity index (χ3n) is 2.59. The first-order valence-electron chi connectivity index (χ1n) is 6.12. The van der Waals surface area contributed by atoms with Crippen LogP contribution in [0.1, 0.15) is 29.3 Å². The molecular formula is C14H18FNO3. The summed E-state index contributed by atoms with van der Waals surface area (Å²) in [5.74, 6) is -1.10. The van der Waals surface area contributed by atoms with Crippen molar-refractivity contribution in [1.29, 1.82) is 0 Å². The van der Waals surface area contributed by atoms with Gasteiger partial charge in [-0.3, -0.25) is 9.59 Å². The van der Waals surface area contributed by atoms with Gasteiger partial charge in [0.15, 0.2) is 0 Å². The number of carbonyl (C=O) groups is 2. The summed E-state index contributed by atoms with van der Waals surface area (Å²) in [4.78, 5) is 24.6. The second-order valence-electron chi connectivity index (χ2n) is 4.30. The van der Waals surface area contributed by atoms with E-state index in [0.29, 0.717) is 12.2 Å². The average Bonchev–Trinajstić information content (AvgIpc) is 2.34. The molecule has 104 valence electrons. The van der Waals surface area contributed by atoms with Crippen LogP contribution in [0.3, 0.4) is 0 Å². The van der Waals surface area contributed by atoms with Crippen LogP contribution in [0.4, 0.5) is 4.39 Å². The highest BCUT2D eigenvalue weighted by atomic mass is 19.1. The maximum absolute atomic E-state index is 13.2. The standard InChI is InChI=1S/C14H18FNO3/c1-4-19-13(17)5-6-16(3)14(18)11-7-10(2)8-12(15)9-11/h7-9H,4-6H2,1-3H3. The zero-order chi connectivity index (χ0) is 14.4. The van der Waals surface area contributed by atoms with Gasteiger partial charge in [0.2, 0.25) is 0 Å². The lowest BCUT2D eigenvalue weighted by molar-refractivity contribution is -0.143. The van der Waals surface area contributed by atoms with Crippen LogP contribution in [0.15, 0.2) is 18.2 Å². The normalized spacial score (nSPS) is 10.1. The predicted octanol–water partition coefficient (Wildman–Crippen LogP) is 2.16. The zero-order valence-corrected chi connectivity index (χ0v) is 11.4. The molecule has 1 amide bonds. The molecule has 0 aromatic heterocycles. The summed E-state index contributed by atoms with van der Waals surface area (Å²) in [7, 11) is 1.57. The number of amides is 1. The molecule has 0 saturated carbocycles. The highest BCUT2D eigenvalue weighted by Crippen LogP contribution is 2.10. The summed E-state index contributed by atoms with van der Waals surface area (Å²) in [6.45, 7) is 4.01. The molecule has 1 aromatic carbocycles. The third kappa shape index (κ3) is 4.69. The molecule has 0 aliphatic carbocycles. The van der Waals surface area contributed by atoms with Gasteiger partial charge in [-0.2, -0.15) is 0 Å². The minimum atomic E-state index is -0.442. The van der Waals surface area contributed by atoms with Gasteiger partial charge < -0.3 is 9.64 Å². The van der Waals surface area contributed by atoms with Crippen LogP contribution in [0.25, 0.3) is 0 Å². The third-order valence-corrected chi connectivity index (χ3v) is 2.59. The average molecular weight is 267 g/mol. The lowest BCUT2D eigenvalue weighted by Crippen LogP contribution is -2.29. The minimum Gasteiger partial charge on any atom is -0.466 e. The van der Waals surface area contributed by atoms with Gasteiger partial charge in [0.05, 0.1) is 13.0 Å². The van der Waals surface area contributed by atoms with Gasteiger partial charge in [-0.25, -0.2) is 4.39 Å². The lowest BCUT2D eigenvalue weighted by atomic mass is 10.1. The Balaban J connectivity index is 2.63. The largest absolute Gasteiger partial charge is 0.466 e. The van der Waals surface area contributed by atoms with Gasteiger partial charge in [-0.05, 0) is 37.6 Å². The van der Waals surface area contributed by atoms with E-state index < -0.39 is 5.82 Å². The summed E-state index contributed by atoms with van der Waals surface area (Å²) in [6.07, 6.45) is 0.129. The number of aryl methyl sites for hydroxylation is 1. The first-order valence-corrected chi connectivity index (χ1v) is 6.12. The first-order chi connectivity index (χ1) is 8.93. The molecule has 0 fully saturated rings. The quantitative estimate of drug-likeness (QED) is 0.768. The van der Waals surface area contributed by atoms with Gasteiger partial charge in [0, 0.05) is 19.2 Å². The summed E-state index contributed by atoms with van der Waals surface area (Å²) >= 11 is 0. The molecule has 1 rings (SSSR count). The van der Waals surface area contributed by atoms with Gasteiger partial charge >= 0.3 is 5.97 Å². The molecule has 0 aliphatic heterocycles. The van der Waals surface area contributed by atoms with Crippen LogP contribution in [0, 0.1) is 12.7 Å². The predicted molar refractivity (Wildman–Crippen MR) is 69.3 cm³/mol. The Morgan fingerprint density at radius 3 is 2.58 bits per heavy atom. The first kappa shape index (κ1) is 15.1. The second kappa shape index (κ2) is 6.87. The van der Waals surface area contributed by atoms with Crippen molar-refractivity contribution in [2.24, 2.45) is 0 Å². The van der Waals surface area contributed by atoms with Crippen LogP contribution < -0.4 is 0 Å². The molecule has 0 atom stereocenters. The van der Waals surface area contributed by atoms with Crippen molar-refractivity contribution in [3.63, 3.8) is 0 Å². The smallest absolute Gasteiger partial charge is 0.307 e. The summed E-state index contributed by atoms with van der Waals surface area (Å²) in [6, 6.07) is 4.16. The Hall–Kier alpha value is -1.91. The van der Waals surface area contributed by atoms with Crippen molar-refractivity contribution in [2.75, 3.05) is 20.2 Å². The number of hydrogen-bond donors (Lipinski definition) is 0. The molecule has 1 aromatic rings. The van der Waals surface area contributed by atoms with E-state index in [4.69, 9.17) is 4.74 Å². The summed E-state index contributed by atoms with van der Waals surface area (Å²) < 4.78 is 18.0. The SMILES string of the molecule is CCOC(=O)CCN(C)C(=O)c1cc(C)cc(F)c1. The molecule has 5 heteroatoms. The van der Waals surface area contributed by atoms with Crippen molar-refractivity contribution < 1.29 is 18.7 Å². The van der Waals surface area contributed by atoms with E-state index in [1.807, 2.05) is 0 Å². The van der Waals surface area contributed by atoms with Crippen LogP contribution in [-0.4, -0.2) is 37.0 Å². The number of hydrogen-bond acceptors (Lipinski definition) is 3. The summed E-state index contributed by atoms with van der Waals surface area (Å²) in [5, 5.41) is 0. The number of benzene rings is 1. The number of ether oxygens (including phenoxy) is 1. The fraction of sp³-hybridized carbons (Fsp3) is 0.429. The van der Waals surface area contributed by atoms with Gasteiger partial charge in [-0.15, -0.1) is 0 Å². The van der Waals surface area contributed by atoms with Crippen LogP contribution in [0.2, 0.25) is 0 Å². The fourth-order valence-corrected chi connectivity index (χ4v) is 1.67. The highest BCUT2D eigenvalue weighted by molar-refractivity contribution is 5.94. The second-order valence-corrected chi connectivity index (χ2v) is 4.30. The topological polar surface area (TPSA) is 46.6 Å². The lowest BCUT2D eigenvalue weighted by Gasteiger charge is -2.17. The van der Waals surface area contributed by atoms with Gasteiger partial charge in [-0.1, -0.05) is 0 Å². The van der Waals surface area contributed by atoms with Crippen LogP contribution >= 0.6 is 0 Å². The molecular weight excluding hydrogens is 249 g/mol. The molecule has 0 unspecified atom stereocenters. The van der Waals surface area contributed by atoms with Gasteiger partial charge in [0.1, 0.15) is 5.82 Å². The van der Waals surface area contributed by atoms with Crippen molar-refractivity contribution in [3.8, 4) is 0 Å². The molecule has 0 radical (unpaired) electrons. The Morgan fingerprint density at radius 2 is 2.00 bits per heavy atom. The zero-order valence-electron chi connectivity index (χ0n) is 11.4. The van der Waals surface area contributed by atoms with E-state index in [0.717, 1.165) is 0 Å². The highest BCUT2D eigenvalue weighted by Gasteiger charge is 2.14. The fourth-order valence-electron chi connectivity index (χ4n) is 1.67. The van der Waals surface area contributed by atoms with Crippen molar-refractivity contribution in [2.45, 2.75) is 20.3 Å². The minimum absolute atomic E-state index is 0.129. The number of carbonyl (C=O) groups excluding carboxylic acids is 2. The van der Waals surface area contributed by atoms with E-state index in [9.17, 15) is 14.0 Å². The summed E-state index contributed by atoms with van der Waals surface area (Å²) in [5.41, 5.74) is 0.964. The molecule has 0 spiro atoms. The van der Waals surface area contributed by atoms with Crippen molar-refractivity contribution in [3.05, 3.63) is 35.1 Å². The molecule has 0 bridgehead atoms. The molecule has 0 aliphatic rings. The number of halogens is 1.